The van der Waals surface area contributed by atoms with Crippen LogP contribution in [-0.4, -0.2) is 11.8 Å². The van der Waals surface area contributed by atoms with Crippen molar-refractivity contribution in [2.24, 2.45) is 0 Å². The molecule has 112 valence electrons. The van der Waals surface area contributed by atoms with E-state index in [0.717, 1.165) is 0 Å². The molecule has 0 bridgehead atoms. The van der Waals surface area contributed by atoms with Crippen molar-refractivity contribution in [1.29, 1.82) is 0 Å². The molecule has 0 saturated carbocycles. The fraction of sp³-hybridized carbons (Fsp3) is 0.125. The number of halogens is 2. The molecular formula is C16H12F2N2O2. The first-order valence-electron chi connectivity index (χ1n) is 6.68. The molecule has 1 heterocycles. The predicted molar refractivity (Wildman–Crippen MR) is 77.4 cm³/mol. The third kappa shape index (κ3) is 2.81. The van der Waals surface area contributed by atoms with Crippen LogP contribution in [0.4, 0.5) is 20.2 Å². The lowest BCUT2D eigenvalue weighted by Crippen LogP contribution is -2.30. The van der Waals surface area contributed by atoms with E-state index in [9.17, 15) is 18.4 Å². The Kier molecular flexibility index (Phi) is 3.58. The summed E-state index contributed by atoms with van der Waals surface area (Å²) in [6.07, 6.45) is -0.0419. The van der Waals surface area contributed by atoms with Crippen LogP contribution in [0.1, 0.15) is 17.9 Å². The van der Waals surface area contributed by atoms with Crippen LogP contribution in [0.3, 0.4) is 0 Å². The number of carbonyl (C=O) groups excluding carboxylic acids is 2. The van der Waals surface area contributed by atoms with Gasteiger partial charge in [-0.05, 0) is 35.9 Å². The molecule has 2 amide bonds. The zero-order valence-electron chi connectivity index (χ0n) is 11.4. The van der Waals surface area contributed by atoms with E-state index in [2.05, 4.69) is 10.6 Å². The fourth-order valence-electron chi connectivity index (χ4n) is 2.47. The minimum absolute atomic E-state index is 0.0419. The van der Waals surface area contributed by atoms with Crippen molar-refractivity contribution in [3.63, 3.8) is 0 Å². The fourth-order valence-corrected chi connectivity index (χ4v) is 2.47. The summed E-state index contributed by atoms with van der Waals surface area (Å²) in [5.41, 5.74) is 1.13. The Hall–Kier alpha value is -2.76. The van der Waals surface area contributed by atoms with Gasteiger partial charge >= 0.3 is 0 Å². The SMILES string of the molecule is O=C1CC(C(=O)Nc2cccc(F)c2)c2ccc(F)cc2N1. The molecule has 2 N–H and O–H groups in total. The van der Waals surface area contributed by atoms with Gasteiger partial charge in [-0.3, -0.25) is 9.59 Å². The van der Waals surface area contributed by atoms with Crippen molar-refractivity contribution in [2.45, 2.75) is 12.3 Å². The number of benzene rings is 2. The molecule has 2 aromatic carbocycles. The normalized spacial score (nSPS) is 16.6. The van der Waals surface area contributed by atoms with Gasteiger partial charge in [0.15, 0.2) is 0 Å². The topological polar surface area (TPSA) is 58.2 Å². The molecule has 0 spiro atoms. The molecule has 2 aromatic rings. The molecule has 3 rings (SSSR count). The summed E-state index contributed by atoms with van der Waals surface area (Å²) in [5.74, 6) is -2.51. The summed E-state index contributed by atoms with van der Waals surface area (Å²) in [6.45, 7) is 0. The number of anilines is 2. The van der Waals surface area contributed by atoms with Gasteiger partial charge in [0.1, 0.15) is 11.6 Å². The minimum atomic E-state index is -0.743. The van der Waals surface area contributed by atoms with Gasteiger partial charge in [-0.1, -0.05) is 12.1 Å². The molecule has 22 heavy (non-hydrogen) atoms. The maximum atomic E-state index is 13.2. The molecule has 6 heteroatoms. The maximum absolute atomic E-state index is 13.2. The van der Waals surface area contributed by atoms with E-state index in [-0.39, 0.29) is 18.0 Å². The van der Waals surface area contributed by atoms with Crippen LogP contribution in [0, 0.1) is 11.6 Å². The zero-order chi connectivity index (χ0) is 15.7. The van der Waals surface area contributed by atoms with E-state index in [1.54, 1.807) is 6.07 Å². The Balaban J connectivity index is 1.88. The average Bonchev–Trinajstić information content (AvgIpc) is 2.45. The first kappa shape index (κ1) is 14.2. The van der Waals surface area contributed by atoms with Crippen LogP contribution in [0.2, 0.25) is 0 Å². The van der Waals surface area contributed by atoms with Crippen molar-refractivity contribution in [1.82, 2.24) is 0 Å². The molecule has 0 aliphatic carbocycles. The predicted octanol–water partition coefficient (Wildman–Crippen LogP) is 3.03. The lowest BCUT2D eigenvalue weighted by Gasteiger charge is -2.24. The van der Waals surface area contributed by atoms with Crippen LogP contribution in [0.25, 0.3) is 0 Å². The van der Waals surface area contributed by atoms with E-state index in [0.29, 0.717) is 11.3 Å². The number of amides is 2. The second-order valence-corrected chi connectivity index (χ2v) is 5.04. The van der Waals surface area contributed by atoms with Crippen molar-refractivity contribution in [3.05, 3.63) is 59.7 Å². The van der Waals surface area contributed by atoms with Gasteiger partial charge in [0.25, 0.3) is 0 Å². The molecule has 4 nitrogen and oxygen atoms in total. The van der Waals surface area contributed by atoms with Crippen molar-refractivity contribution >= 4 is 23.2 Å². The average molecular weight is 302 g/mol. The Morgan fingerprint density at radius 2 is 1.91 bits per heavy atom. The van der Waals surface area contributed by atoms with Gasteiger partial charge in [0, 0.05) is 17.8 Å². The van der Waals surface area contributed by atoms with Crippen LogP contribution in [0.5, 0.6) is 0 Å². The molecule has 1 atom stereocenters. The molecule has 1 aliphatic heterocycles. The molecular weight excluding hydrogens is 290 g/mol. The smallest absolute Gasteiger partial charge is 0.232 e. The lowest BCUT2D eigenvalue weighted by molar-refractivity contribution is -0.123. The maximum Gasteiger partial charge on any atom is 0.232 e. The van der Waals surface area contributed by atoms with Gasteiger partial charge in [-0.2, -0.15) is 0 Å². The van der Waals surface area contributed by atoms with Crippen LogP contribution >= 0.6 is 0 Å². The summed E-state index contributed by atoms with van der Waals surface area (Å²) < 4.78 is 26.4. The Labute approximate surface area is 125 Å². The molecule has 0 fully saturated rings. The Morgan fingerprint density at radius 1 is 1.14 bits per heavy atom. The summed E-state index contributed by atoms with van der Waals surface area (Å²) in [5, 5.41) is 5.12. The lowest BCUT2D eigenvalue weighted by atomic mass is 9.89. The van der Waals surface area contributed by atoms with Crippen molar-refractivity contribution in [3.8, 4) is 0 Å². The standard InChI is InChI=1S/C16H12F2N2O2/c17-9-2-1-3-11(6-9)19-16(22)13-8-15(21)20-14-7-10(18)4-5-12(13)14/h1-7,13H,8H2,(H,19,22)(H,20,21). The quantitative estimate of drug-likeness (QED) is 0.896. The number of hydrogen-bond acceptors (Lipinski definition) is 2. The molecule has 1 unspecified atom stereocenters. The molecule has 1 aliphatic rings. The number of fused-ring (bicyclic) bond motifs is 1. The largest absolute Gasteiger partial charge is 0.326 e. The monoisotopic (exact) mass is 302 g/mol. The van der Waals surface area contributed by atoms with E-state index in [1.807, 2.05) is 0 Å². The van der Waals surface area contributed by atoms with Gasteiger partial charge < -0.3 is 10.6 Å². The summed E-state index contributed by atoms with van der Waals surface area (Å²) >= 11 is 0. The zero-order valence-corrected chi connectivity index (χ0v) is 11.4. The highest BCUT2D eigenvalue weighted by Gasteiger charge is 2.31. The highest BCUT2D eigenvalue weighted by molar-refractivity contribution is 6.05. The third-order valence-electron chi connectivity index (χ3n) is 3.46. The summed E-state index contributed by atoms with van der Waals surface area (Å²) in [6, 6.07) is 9.36. The van der Waals surface area contributed by atoms with Crippen LogP contribution in [0.15, 0.2) is 42.5 Å². The van der Waals surface area contributed by atoms with E-state index in [1.165, 1.54) is 36.4 Å². The third-order valence-corrected chi connectivity index (χ3v) is 3.46. The van der Waals surface area contributed by atoms with Crippen LogP contribution < -0.4 is 10.6 Å². The van der Waals surface area contributed by atoms with Gasteiger partial charge in [-0.15, -0.1) is 0 Å². The molecule has 0 saturated heterocycles. The highest BCUT2D eigenvalue weighted by atomic mass is 19.1. The Bertz CT molecular complexity index is 762. The summed E-state index contributed by atoms with van der Waals surface area (Å²) in [7, 11) is 0. The first-order valence-corrected chi connectivity index (χ1v) is 6.68. The minimum Gasteiger partial charge on any atom is -0.326 e. The van der Waals surface area contributed by atoms with E-state index in [4.69, 9.17) is 0 Å². The van der Waals surface area contributed by atoms with E-state index < -0.39 is 23.5 Å². The number of carbonyl (C=O) groups is 2. The summed E-state index contributed by atoms with van der Waals surface area (Å²) in [4.78, 5) is 24.0. The van der Waals surface area contributed by atoms with Crippen molar-refractivity contribution in [2.75, 3.05) is 10.6 Å². The first-order chi connectivity index (χ1) is 10.5. The number of rotatable bonds is 2. The van der Waals surface area contributed by atoms with E-state index >= 15 is 0 Å². The number of nitrogens with one attached hydrogen (secondary N) is 2. The Morgan fingerprint density at radius 3 is 2.68 bits per heavy atom. The molecule has 0 radical (unpaired) electrons. The highest BCUT2D eigenvalue weighted by Crippen LogP contribution is 2.33. The van der Waals surface area contributed by atoms with Gasteiger partial charge in [-0.25, -0.2) is 8.78 Å². The second-order valence-electron chi connectivity index (χ2n) is 5.04. The molecule has 0 aromatic heterocycles. The van der Waals surface area contributed by atoms with Crippen LogP contribution in [-0.2, 0) is 9.59 Å². The second kappa shape index (κ2) is 5.55. The number of hydrogen-bond donors (Lipinski definition) is 2. The van der Waals surface area contributed by atoms with Gasteiger partial charge in [0.2, 0.25) is 11.8 Å². The van der Waals surface area contributed by atoms with Gasteiger partial charge in [0.05, 0.1) is 5.92 Å². The van der Waals surface area contributed by atoms with Crippen molar-refractivity contribution < 1.29 is 18.4 Å².